The SMILES string of the molecule is C=CC[C@H](N)c1cc(F)cc(Br)c1. The Balaban J connectivity index is 2.93. The van der Waals surface area contributed by atoms with E-state index in [0.29, 0.717) is 10.9 Å². The molecule has 0 saturated carbocycles. The number of nitrogens with two attached hydrogens (primary N) is 1. The second-order valence-corrected chi connectivity index (χ2v) is 3.75. The van der Waals surface area contributed by atoms with E-state index in [1.54, 1.807) is 6.08 Å². The second-order valence-electron chi connectivity index (χ2n) is 2.83. The Kier molecular flexibility index (Phi) is 3.63. The van der Waals surface area contributed by atoms with Crippen molar-refractivity contribution in [3.05, 3.63) is 46.7 Å². The summed E-state index contributed by atoms with van der Waals surface area (Å²) in [5, 5.41) is 0. The average molecular weight is 244 g/mol. The summed E-state index contributed by atoms with van der Waals surface area (Å²) in [5.74, 6) is -0.274. The van der Waals surface area contributed by atoms with Crippen LogP contribution in [0.1, 0.15) is 18.0 Å². The summed E-state index contributed by atoms with van der Waals surface area (Å²) in [5.41, 5.74) is 6.57. The standard InChI is InChI=1S/C10H11BrFN/c1-2-3-10(13)7-4-8(11)6-9(12)5-7/h2,4-6,10H,1,3,13H2/t10-/m0/s1. The van der Waals surface area contributed by atoms with E-state index in [-0.39, 0.29) is 11.9 Å². The molecular formula is C10H11BrFN. The van der Waals surface area contributed by atoms with Crippen LogP contribution in [0.4, 0.5) is 4.39 Å². The van der Waals surface area contributed by atoms with Crippen LogP contribution in [0.2, 0.25) is 0 Å². The zero-order valence-electron chi connectivity index (χ0n) is 7.13. The van der Waals surface area contributed by atoms with E-state index in [1.807, 2.05) is 6.07 Å². The van der Waals surface area contributed by atoms with Crippen LogP contribution < -0.4 is 5.73 Å². The Labute approximate surface area is 85.6 Å². The van der Waals surface area contributed by atoms with Crippen LogP contribution >= 0.6 is 15.9 Å². The van der Waals surface area contributed by atoms with Crippen molar-refractivity contribution >= 4 is 15.9 Å². The highest BCUT2D eigenvalue weighted by molar-refractivity contribution is 9.10. The molecule has 0 saturated heterocycles. The van der Waals surface area contributed by atoms with Crippen molar-refractivity contribution < 1.29 is 4.39 Å². The van der Waals surface area contributed by atoms with Gasteiger partial charge in [0.2, 0.25) is 0 Å². The van der Waals surface area contributed by atoms with Crippen molar-refractivity contribution in [2.45, 2.75) is 12.5 Å². The molecule has 0 heterocycles. The smallest absolute Gasteiger partial charge is 0.124 e. The van der Waals surface area contributed by atoms with Crippen LogP contribution in [0, 0.1) is 5.82 Å². The summed E-state index contributed by atoms with van der Waals surface area (Å²) >= 11 is 3.21. The topological polar surface area (TPSA) is 26.0 Å². The molecule has 1 aromatic rings. The first kappa shape index (κ1) is 10.4. The quantitative estimate of drug-likeness (QED) is 0.812. The maximum Gasteiger partial charge on any atom is 0.124 e. The number of hydrogen-bond acceptors (Lipinski definition) is 1. The van der Waals surface area contributed by atoms with Crippen LogP contribution in [0.3, 0.4) is 0 Å². The maximum absolute atomic E-state index is 12.9. The third-order valence-electron chi connectivity index (χ3n) is 1.73. The molecular weight excluding hydrogens is 233 g/mol. The molecule has 0 aliphatic heterocycles. The summed E-state index contributed by atoms with van der Waals surface area (Å²) < 4.78 is 13.6. The molecule has 0 radical (unpaired) electrons. The molecule has 0 amide bonds. The van der Waals surface area contributed by atoms with Gasteiger partial charge in [0.05, 0.1) is 0 Å². The highest BCUT2D eigenvalue weighted by Gasteiger charge is 2.06. The van der Waals surface area contributed by atoms with Gasteiger partial charge in [0, 0.05) is 10.5 Å². The Hall–Kier alpha value is -0.670. The van der Waals surface area contributed by atoms with E-state index in [0.717, 1.165) is 5.56 Å². The number of benzene rings is 1. The molecule has 2 N–H and O–H groups in total. The van der Waals surface area contributed by atoms with Gasteiger partial charge in [-0.05, 0) is 30.2 Å². The van der Waals surface area contributed by atoms with Crippen molar-refractivity contribution in [2.75, 3.05) is 0 Å². The summed E-state index contributed by atoms with van der Waals surface area (Å²) in [6, 6.07) is 4.49. The van der Waals surface area contributed by atoms with Gasteiger partial charge < -0.3 is 5.73 Å². The van der Waals surface area contributed by atoms with Gasteiger partial charge in [-0.15, -0.1) is 6.58 Å². The van der Waals surface area contributed by atoms with Gasteiger partial charge in [-0.1, -0.05) is 22.0 Å². The highest BCUT2D eigenvalue weighted by Crippen LogP contribution is 2.20. The Morgan fingerprint density at radius 3 is 2.77 bits per heavy atom. The van der Waals surface area contributed by atoms with Crippen LogP contribution in [0.15, 0.2) is 35.3 Å². The molecule has 0 aliphatic rings. The van der Waals surface area contributed by atoms with Crippen LogP contribution in [0.5, 0.6) is 0 Å². The van der Waals surface area contributed by atoms with E-state index in [4.69, 9.17) is 5.73 Å². The largest absolute Gasteiger partial charge is 0.324 e. The number of halogens is 2. The molecule has 1 rings (SSSR count). The molecule has 1 aromatic carbocycles. The third-order valence-corrected chi connectivity index (χ3v) is 2.19. The van der Waals surface area contributed by atoms with Crippen LogP contribution in [0.25, 0.3) is 0 Å². The minimum absolute atomic E-state index is 0.176. The molecule has 1 nitrogen and oxygen atoms in total. The van der Waals surface area contributed by atoms with Gasteiger partial charge in [0.1, 0.15) is 5.82 Å². The average Bonchev–Trinajstić information content (AvgIpc) is 2.03. The third kappa shape index (κ3) is 2.94. The molecule has 70 valence electrons. The fraction of sp³-hybridized carbons (Fsp3) is 0.200. The highest BCUT2D eigenvalue weighted by atomic mass is 79.9. The summed E-state index contributed by atoms with van der Waals surface area (Å²) in [6.45, 7) is 3.59. The van der Waals surface area contributed by atoms with Crippen molar-refractivity contribution in [3.8, 4) is 0 Å². The fourth-order valence-electron chi connectivity index (χ4n) is 1.10. The lowest BCUT2D eigenvalue weighted by Crippen LogP contribution is -2.09. The molecule has 0 fully saturated rings. The molecule has 0 unspecified atom stereocenters. The first-order valence-corrected chi connectivity index (χ1v) is 4.75. The number of rotatable bonds is 3. The van der Waals surface area contributed by atoms with Crippen LogP contribution in [-0.2, 0) is 0 Å². The minimum atomic E-state index is -0.274. The van der Waals surface area contributed by atoms with E-state index < -0.39 is 0 Å². The molecule has 13 heavy (non-hydrogen) atoms. The van der Waals surface area contributed by atoms with Gasteiger partial charge >= 0.3 is 0 Å². The molecule has 0 bridgehead atoms. The zero-order chi connectivity index (χ0) is 9.84. The molecule has 1 atom stereocenters. The molecule has 0 aliphatic carbocycles. The van der Waals surface area contributed by atoms with E-state index >= 15 is 0 Å². The van der Waals surface area contributed by atoms with Crippen molar-refractivity contribution in [1.29, 1.82) is 0 Å². The van der Waals surface area contributed by atoms with Crippen molar-refractivity contribution in [3.63, 3.8) is 0 Å². The normalized spacial score (nSPS) is 12.5. The Morgan fingerprint density at radius 1 is 1.54 bits per heavy atom. The Bertz CT molecular complexity index is 292. The maximum atomic E-state index is 12.9. The van der Waals surface area contributed by atoms with Gasteiger partial charge in [-0.25, -0.2) is 4.39 Å². The lowest BCUT2D eigenvalue weighted by molar-refractivity contribution is 0.618. The summed E-state index contributed by atoms with van der Waals surface area (Å²) in [7, 11) is 0. The lowest BCUT2D eigenvalue weighted by Gasteiger charge is -2.09. The molecule has 3 heteroatoms. The predicted octanol–water partition coefficient (Wildman–Crippen LogP) is 3.16. The molecule has 0 spiro atoms. The lowest BCUT2D eigenvalue weighted by atomic mass is 10.1. The first-order valence-electron chi connectivity index (χ1n) is 3.96. The van der Waals surface area contributed by atoms with E-state index in [2.05, 4.69) is 22.5 Å². The number of hydrogen-bond donors (Lipinski definition) is 1. The molecule has 0 aromatic heterocycles. The second kappa shape index (κ2) is 4.53. The van der Waals surface area contributed by atoms with E-state index in [9.17, 15) is 4.39 Å². The van der Waals surface area contributed by atoms with Gasteiger partial charge in [-0.3, -0.25) is 0 Å². The van der Waals surface area contributed by atoms with E-state index in [1.165, 1.54) is 12.1 Å². The van der Waals surface area contributed by atoms with Crippen molar-refractivity contribution in [2.24, 2.45) is 5.73 Å². The minimum Gasteiger partial charge on any atom is -0.324 e. The fourth-order valence-corrected chi connectivity index (χ4v) is 1.59. The van der Waals surface area contributed by atoms with Gasteiger partial charge in [0.15, 0.2) is 0 Å². The summed E-state index contributed by atoms with van der Waals surface area (Å²) in [4.78, 5) is 0. The van der Waals surface area contributed by atoms with Gasteiger partial charge in [0.25, 0.3) is 0 Å². The Morgan fingerprint density at radius 2 is 2.23 bits per heavy atom. The first-order chi connectivity index (χ1) is 6.13. The summed E-state index contributed by atoms with van der Waals surface area (Å²) in [6.07, 6.45) is 2.37. The zero-order valence-corrected chi connectivity index (χ0v) is 8.72. The monoisotopic (exact) mass is 243 g/mol. The van der Waals surface area contributed by atoms with Crippen molar-refractivity contribution in [1.82, 2.24) is 0 Å². The van der Waals surface area contributed by atoms with Gasteiger partial charge in [-0.2, -0.15) is 0 Å². The van der Waals surface area contributed by atoms with Crippen LogP contribution in [-0.4, -0.2) is 0 Å². The predicted molar refractivity (Wildman–Crippen MR) is 55.8 cm³/mol.